The van der Waals surface area contributed by atoms with Crippen molar-refractivity contribution in [2.45, 2.75) is 96.6 Å². The minimum atomic E-state index is 0.194. The summed E-state index contributed by atoms with van der Waals surface area (Å²) in [4.78, 5) is 14.7. The van der Waals surface area contributed by atoms with Crippen LogP contribution in [0.3, 0.4) is 0 Å². The Bertz CT molecular complexity index is 557. The van der Waals surface area contributed by atoms with Gasteiger partial charge in [0.2, 0.25) is 0 Å². The summed E-state index contributed by atoms with van der Waals surface area (Å²) < 4.78 is 0. The molecule has 1 aliphatic heterocycles. The Morgan fingerprint density at radius 1 is 0.885 bits per heavy atom. The number of rotatable bonds is 4. The first-order valence-electron chi connectivity index (χ1n) is 9.86. The van der Waals surface area contributed by atoms with Crippen molar-refractivity contribution in [1.29, 1.82) is 0 Å². The van der Waals surface area contributed by atoms with Gasteiger partial charge in [0.25, 0.3) is 0 Å². The summed E-state index contributed by atoms with van der Waals surface area (Å²) in [6, 6.07) is 1.06. The fourth-order valence-corrected chi connectivity index (χ4v) is 4.00. The molecule has 0 aromatic carbocycles. The van der Waals surface area contributed by atoms with Crippen molar-refractivity contribution in [3.05, 3.63) is 11.8 Å². The van der Waals surface area contributed by atoms with Crippen LogP contribution in [0.2, 0.25) is 0 Å². The van der Waals surface area contributed by atoms with Crippen molar-refractivity contribution in [3.8, 4) is 0 Å². The van der Waals surface area contributed by atoms with Crippen LogP contribution in [0.25, 0.3) is 0 Å². The molecule has 1 heterocycles. The fourth-order valence-electron chi connectivity index (χ4n) is 4.00. The average Bonchev–Trinajstić information content (AvgIpc) is 3.15. The van der Waals surface area contributed by atoms with Gasteiger partial charge in [0, 0.05) is 6.42 Å². The third kappa shape index (κ3) is 7.46. The summed E-state index contributed by atoms with van der Waals surface area (Å²) in [6.45, 7) is 4.26. The molecule has 0 saturated heterocycles. The number of hydrogen-bond donors (Lipinski definition) is 0. The van der Waals surface area contributed by atoms with Gasteiger partial charge in [0.05, 0.1) is 34.9 Å². The molecular weight excluding hydrogens is 409 g/mol. The van der Waals surface area contributed by atoms with Gasteiger partial charge in [-0.2, -0.15) is 0 Å². The quantitative estimate of drug-likeness (QED) is 0.346. The first-order valence-corrected chi connectivity index (χ1v) is 12.9. The molecule has 0 unspecified atom stereocenters. The van der Waals surface area contributed by atoms with E-state index in [0.29, 0.717) is 12.1 Å². The van der Waals surface area contributed by atoms with Gasteiger partial charge >= 0.3 is 33.3 Å². The van der Waals surface area contributed by atoms with Gasteiger partial charge in [-0.05, 0) is 39.5 Å². The summed E-state index contributed by atoms with van der Waals surface area (Å²) in [6.07, 6.45) is 16.3. The van der Waals surface area contributed by atoms with Gasteiger partial charge in [-0.3, -0.25) is 9.98 Å². The molecule has 3 aliphatic rings. The summed E-state index contributed by atoms with van der Waals surface area (Å²) in [5.41, 5.74) is 4.51. The molecule has 0 aromatic heterocycles. The Morgan fingerprint density at radius 2 is 1.35 bits per heavy atom. The molecule has 0 N–H and O–H groups in total. The second kappa shape index (κ2) is 12.3. The third-order valence-corrected chi connectivity index (χ3v) is 5.43. The van der Waals surface area contributed by atoms with Gasteiger partial charge in [-0.15, -0.1) is 0 Å². The molecule has 3 nitrogen and oxygen atoms in total. The second-order valence-electron chi connectivity index (χ2n) is 7.42. The standard InChI is InChI=1S/C20H31N3.2ClH.Fe/c1-15(21-17-9-5-3-6-10-17)19-13-14-20(23-19)16(2)22-18-11-7-4-8-12-18;;;/h13,17-18H,3-12,14H2,1-2H3;2*1H;/q;;;+2/p-2. The second-order valence-corrected chi connectivity index (χ2v) is 9.24. The molecule has 0 amide bonds. The van der Waals surface area contributed by atoms with Gasteiger partial charge in [0.15, 0.2) is 0 Å². The number of aliphatic imine (C=N–C) groups is 3. The monoisotopic (exact) mass is 439 g/mol. The Morgan fingerprint density at radius 3 is 1.85 bits per heavy atom. The molecule has 2 saturated carbocycles. The first-order chi connectivity index (χ1) is 12.6. The Labute approximate surface area is 173 Å². The van der Waals surface area contributed by atoms with Crippen molar-refractivity contribution in [2.75, 3.05) is 0 Å². The molecular formula is C20H31Cl2FeN3. The summed E-state index contributed by atoms with van der Waals surface area (Å²) in [5, 5.41) is 0. The van der Waals surface area contributed by atoms with E-state index in [2.05, 4.69) is 19.9 Å². The Hall–Kier alpha value is -0.151. The minimum absolute atomic E-state index is 0.194. The molecule has 0 atom stereocenters. The predicted molar refractivity (Wildman–Crippen MR) is 112 cm³/mol. The average molecular weight is 440 g/mol. The zero-order valence-corrected chi connectivity index (χ0v) is 18.6. The van der Waals surface area contributed by atoms with Crippen LogP contribution in [0.5, 0.6) is 0 Å². The first kappa shape index (κ1) is 22.1. The predicted octanol–water partition coefficient (Wildman–Crippen LogP) is 6.68. The maximum absolute atomic E-state index is 4.94. The van der Waals surface area contributed by atoms with E-state index in [9.17, 15) is 0 Å². The van der Waals surface area contributed by atoms with E-state index < -0.39 is 0 Å². The molecule has 2 aliphatic carbocycles. The Kier molecular flexibility index (Phi) is 10.5. The topological polar surface area (TPSA) is 37.1 Å². The molecule has 148 valence electrons. The van der Waals surface area contributed by atoms with Crippen LogP contribution in [0.4, 0.5) is 0 Å². The van der Waals surface area contributed by atoms with Gasteiger partial charge in [-0.25, -0.2) is 4.99 Å². The molecule has 0 bridgehead atoms. The molecule has 26 heavy (non-hydrogen) atoms. The molecule has 0 aromatic rings. The van der Waals surface area contributed by atoms with Crippen molar-refractivity contribution in [3.63, 3.8) is 0 Å². The zero-order valence-electron chi connectivity index (χ0n) is 16.0. The summed E-state index contributed by atoms with van der Waals surface area (Å²) in [7, 11) is 9.53. The van der Waals surface area contributed by atoms with Gasteiger partial charge < -0.3 is 0 Å². The molecule has 2 fully saturated rings. The van der Waals surface area contributed by atoms with E-state index in [1.54, 1.807) is 0 Å². The maximum atomic E-state index is 4.94. The molecule has 0 radical (unpaired) electrons. The molecule has 3 rings (SSSR count). The van der Waals surface area contributed by atoms with Crippen LogP contribution in [-0.2, 0) is 13.1 Å². The fraction of sp³-hybridized carbons (Fsp3) is 0.750. The van der Waals surface area contributed by atoms with E-state index in [4.69, 9.17) is 35.2 Å². The number of hydrogen-bond acceptors (Lipinski definition) is 3. The van der Waals surface area contributed by atoms with E-state index >= 15 is 0 Å². The van der Waals surface area contributed by atoms with Crippen molar-refractivity contribution >= 4 is 37.3 Å². The third-order valence-electron chi connectivity index (χ3n) is 5.43. The summed E-state index contributed by atoms with van der Waals surface area (Å²) >= 11 is 0.194. The van der Waals surface area contributed by atoms with Crippen molar-refractivity contribution in [2.24, 2.45) is 15.0 Å². The molecule has 0 spiro atoms. The molecule has 6 heteroatoms. The van der Waals surface area contributed by atoms with Crippen LogP contribution >= 0.6 is 20.2 Å². The zero-order chi connectivity index (χ0) is 18.8. The Balaban J connectivity index is 0.000000758. The van der Waals surface area contributed by atoms with E-state index in [1.807, 2.05) is 0 Å². The summed E-state index contributed by atoms with van der Waals surface area (Å²) in [5.74, 6) is 0. The van der Waals surface area contributed by atoms with Gasteiger partial charge in [-0.1, -0.05) is 44.6 Å². The van der Waals surface area contributed by atoms with Crippen molar-refractivity contribution < 1.29 is 13.1 Å². The van der Waals surface area contributed by atoms with Crippen LogP contribution in [0.15, 0.2) is 26.8 Å². The van der Waals surface area contributed by atoms with Crippen LogP contribution in [-0.4, -0.2) is 29.2 Å². The van der Waals surface area contributed by atoms with Gasteiger partial charge in [0.1, 0.15) is 0 Å². The SMILES string of the molecule is CC(=NC1CCCCC1)C1=CCC(C(C)=NC2CCCCC2)=N1.[Cl][Fe][Cl]. The van der Waals surface area contributed by atoms with Crippen LogP contribution < -0.4 is 0 Å². The number of allylic oxidation sites excluding steroid dienone is 2. The normalized spacial score (nSPS) is 23.4. The number of halogens is 2. The van der Waals surface area contributed by atoms with E-state index in [-0.39, 0.29) is 13.1 Å². The van der Waals surface area contributed by atoms with E-state index in [1.165, 1.54) is 64.2 Å². The van der Waals surface area contributed by atoms with Crippen LogP contribution in [0, 0.1) is 0 Å². The van der Waals surface area contributed by atoms with Crippen LogP contribution in [0.1, 0.15) is 84.5 Å². The number of nitrogens with zero attached hydrogens (tertiary/aromatic N) is 3. The van der Waals surface area contributed by atoms with E-state index in [0.717, 1.165) is 29.3 Å². The van der Waals surface area contributed by atoms with Crippen molar-refractivity contribution in [1.82, 2.24) is 0 Å².